The van der Waals surface area contributed by atoms with E-state index >= 15 is 0 Å². The molecule has 196 valence electrons. The summed E-state index contributed by atoms with van der Waals surface area (Å²) in [6.45, 7) is 3.06. The molecule has 0 unspecified atom stereocenters. The van der Waals surface area contributed by atoms with Gasteiger partial charge >= 0.3 is 0 Å². The van der Waals surface area contributed by atoms with E-state index in [1.807, 2.05) is 0 Å². The molecular formula is C23H30N4O7S2. The summed E-state index contributed by atoms with van der Waals surface area (Å²) in [5.74, 6) is -1.25. The minimum absolute atomic E-state index is 0.0278. The topological polar surface area (TPSA) is 148 Å². The molecule has 0 bridgehead atoms. The summed E-state index contributed by atoms with van der Waals surface area (Å²) in [5, 5.41) is 3.04. The Hall–Kier alpha value is -2.84. The van der Waals surface area contributed by atoms with Crippen LogP contribution in [-0.2, 0) is 37.3 Å². The molecule has 0 atom stereocenters. The lowest BCUT2D eigenvalue weighted by molar-refractivity contribution is -0.129. The van der Waals surface area contributed by atoms with Gasteiger partial charge in [-0.1, -0.05) is 0 Å². The fourth-order valence-corrected chi connectivity index (χ4v) is 6.53. The molecule has 3 N–H and O–H groups in total. The average Bonchev–Trinajstić information content (AvgIpc) is 3.21. The third-order valence-corrected chi connectivity index (χ3v) is 8.86. The molecule has 0 saturated heterocycles. The van der Waals surface area contributed by atoms with Gasteiger partial charge in [0.15, 0.2) is 0 Å². The van der Waals surface area contributed by atoms with Crippen LogP contribution in [0.4, 0.5) is 5.00 Å². The number of fused-ring (bicyclic) bond motifs is 1. The van der Waals surface area contributed by atoms with Crippen LogP contribution in [0.2, 0.25) is 0 Å². The van der Waals surface area contributed by atoms with Gasteiger partial charge in [-0.25, -0.2) is 8.42 Å². The normalized spacial score (nSPS) is 13.5. The summed E-state index contributed by atoms with van der Waals surface area (Å²) in [6.07, 6.45) is 0.467. The van der Waals surface area contributed by atoms with Gasteiger partial charge in [0, 0.05) is 51.2 Å². The maximum atomic E-state index is 13.1. The highest BCUT2D eigenvalue weighted by atomic mass is 32.2. The highest BCUT2D eigenvalue weighted by molar-refractivity contribution is 7.89. The van der Waals surface area contributed by atoms with Crippen LogP contribution in [0.3, 0.4) is 0 Å². The number of rotatable bonds is 11. The molecule has 0 spiro atoms. The number of primary amides is 1. The Bertz CT molecular complexity index is 1220. The van der Waals surface area contributed by atoms with Gasteiger partial charge in [-0.05, 0) is 36.2 Å². The number of methoxy groups -OCH3 is 2. The van der Waals surface area contributed by atoms with Crippen LogP contribution in [0.25, 0.3) is 0 Å². The van der Waals surface area contributed by atoms with Crippen molar-refractivity contribution in [3.05, 3.63) is 45.8 Å². The van der Waals surface area contributed by atoms with E-state index in [1.54, 1.807) is 4.90 Å². The van der Waals surface area contributed by atoms with Crippen molar-refractivity contribution in [1.29, 1.82) is 0 Å². The van der Waals surface area contributed by atoms with E-state index in [4.69, 9.17) is 15.2 Å². The lowest BCUT2D eigenvalue weighted by atomic mass is 10.0. The highest BCUT2D eigenvalue weighted by Crippen LogP contribution is 2.37. The fourth-order valence-electron chi connectivity index (χ4n) is 3.86. The Morgan fingerprint density at radius 3 is 2.25 bits per heavy atom. The first-order valence-electron chi connectivity index (χ1n) is 11.2. The summed E-state index contributed by atoms with van der Waals surface area (Å²) < 4.78 is 37.4. The minimum atomic E-state index is -3.83. The van der Waals surface area contributed by atoms with Crippen molar-refractivity contribution in [3.8, 4) is 0 Å². The Morgan fingerprint density at radius 1 is 1.11 bits per heavy atom. The predicted octanol–water partition coefficient (Wildman–Crippen LogP) is 1.29. The van der Waals surface area contributed by atoms with E-state index in [9.17, 15) is 22.8 Å². The minimum Gasteiger partial charge on any atom is -0.383 e. The van der Waals surface area contributed by atoms with Gasteiger partial charge in [-0.15, -0.1) is 11.3 Å². The molecule has 0 fully saturated rings. The largest absolute Gasteiger partial charge is 0.383 e. The molecule has 0 radical (unpaired) electrons. The molecule has 11 nitrogen and oxygen atoms in total. The van der Waals surface area contributed by atoms with Gasteiger partial charge < -0.3 is 25.4 Å². The molecule has 1 aromatic heterocycles. The first-order chi connectivity index (χ1) is 17.1. The van der Waals surface area contributed by atoms with Gasteiger partial charge in [0.25, 0.3) is 11.8 Å². The molecule has 1 aliphatic heterocycles. The number of sulfonamides is 1. The molecule has 3 rings (SSSR count). The number of amides is 3. The molecule has 3 amide bonds. The van der Waals surface area contributed by atoms with Crippen molar-refractivity contribution >= 4 is 44.1 Å². The SMILES string of the molecule is COCCN(CCOC)S(=O)(=O)c1ccc(C(=O)Nc2sc3c(c2C(N)=O)CCN(C(C)=O)C3)cc1. The molecule has 1 aliphatic rings. The number of carbonyl (C=O) groups excluding carboxylic acids is 3. The number of hydrogen-bond acceptors (Lipinski definition) is 8. The number of nitrogens with one attached hydrogen (secondary N) is 1. The van der Waals surface area contributed by atoms with Crippen molar-refractivity contribution in [3.63, 3.8) is 0 Å². The molecule has 36 heavy (non-hydrogen) atoms. The first kappa shape index (κ1) is 27.7. The Kier molecular flexibility index (Phi) is 9.19. The van der Waals surface area contributed by atoms with E-state index in [-0.39, 0.29) is 48.2 Å². The van der Waals surface area contributed by atoms with Crippen LogP contribution in [0.15, 0.2) is 29.2 Å². The Labute approximate surface area is 214 Å². The van der Waals surface area contributed by atoms with Crippen LogP contribution < -0.4 is 11.1 Å². The molecule has 0 saturated carbocycles. The number of hydrogen-bond donors (Lipinski definition) is 2. The van der Waals surface area contributed by atoms with Gasteiger partial charge in [0.05, 0.1) is 30.2 Å². The molecule has 1 aromatic carbocycles. The molecule has 2 aromatic rings. The molecule has 13 heteroatoms. The molecule has 2 heterocycles. The van der Waals surface area contributed by atoms with Gasteiger partial charge in [-0.2, -0.15) is 4.31 Å². The van der Waals surface area contributed by atoms with Crippen LogP contribution in [-0.4, -0.2) is 82.4 Å². The summed E-state index contributed by atoms with van der Waals surface area (Å²) in [4.78, 5) is 39.3. The standard InChI is InChI=1S/C23H30N4O7S2/c1-15(28)26-9-8-18-19(14-26)35-23(20(18)21(24)29)25-22(30)16-4-6-17(7-5-16)36(31,32)27(10-12-33-2)11-13-34-3/h4-7H,8-14H2,1-3H3,(H2,24,29)(H,25,30). The van der Waals surface area contributed by atoms with E-state index in [1.165, 1.54) is 61.1 Å². The number of nitrogens with zero attached hydrogens (tertiary/aromatic N) is 2. The van der Waals surface area contributed by atoms with Gasteiger partial charge in [0.1, 0.15) is 5.00 Å². The predicted molar refractivity (Wildman–Crippen MR) is 135 cm³/mol. The van der Waals surface area contributed by atoms with Crippen LogP contribution in [0.1, 0.15) is 38.1 Å². The van der Waals surface area contributed by atoms with E-state index in [2.05, 4.69) is 5.32 Å². The summed E-state index contributed by atoms with van der Waals surface area (Å²) in [5.41, 5.74) is 6.81. The third kappa shape index (κ3) is 6.10. The lowest BCUT2D eigenvalue weighted by Gasteiger charge is -2.25. The number of nitrogens with two attached hydrogens (primary N) is 1. The smallest absolute Gasteiger partial charge is 0.256 e. The molecular weight excluding hydrogens is 508 g/mol. The fraction of sp³-hybridized carbons (Fsp3) is 0.435. The van der Waals surface area contributed by atoms with Crippen molar-refractivity contribution in [1.82, 2.24) is 9.21 Å². The van der Waals surface area contributed by atoms with E-state index < -0.39 is 21.8 Å². The number of carbonyl (C=O) groups is 3. The zero-order chi connectivity index (χ0) is 26.5. The van der Waals surface area contributed by atoms with Crippen LogP contribution in [0, 0.1) is 0 Å². The maximum absolute atomic E-state index is 13.1. The Balaban J connectivity index is 1.81. The maximum Gasteiger partial charge on any atom is 0.256 e. The number of benzene rings is 1. The number of anilines is 1. The van der Waals surface area contributed by atoms with Crippen LogP contribution in [0.5, 0.6) is 0 Å². The second-order valence-corrected chi connectivity index (χ2v) is 11.2. The quantitative estimate of drug-likeness (QED) is 0.438. The average molecular weight is 539 g/mol. The van der Waals surface area contributed by atoms with Gasteiger partial charge in [-0.3, -0.25) is 14.4 Å². The number of thiophene rings is 1. The lowest BCUT2D eigenvalue weighted by Crippen LogP contribution is -2.36. The highest BCUT2D eigenvalue weighted by Gasteiger charge is 2.29. The van der Waals surface area contributed by atoms with E-state index in [0.29, 0.717) is 24.5 Å². The van der Waals surface area contributed by atoms with Crippen LogP contribution >= 0.6 is 11.3 Å². The number of ether oxygens (including phenoxy) is 2. The monoisotopic (exact) mass is 538 g/mol. The first-order valence-corrected chi connectivity index (χ1v) is 13.4. The summed E-state index contributed by atoms with van der Waals surface area (Å²) in [6, 6.07) is 5.52. The Morgan fingerprint density at radius 2 is 1.72 bits per heavy atom. The second-order valence-electron chi connectivity index (χ2n) is 8.13. The zero-order valence-electron chi connectivity index (χ0n) is 20.4. The second kappa shape index (κ2) is 11.9. The van der Waals surface area contributed by atoms with Crippen molar-refractivity contribution in [2.75, 3.05) is 52.4 Å². The van der Waals surface area contributed by atoms with Crippen molar-refractivity contribution < 1.29 is 32.3 Å². The third-order valence-electron chi connectivity index (χ3n) is 5.82. The van der Waals surface area contributed by atoms with Gasteiger partial charge in [0.2, 0.25) is 15.9 Å². The van der Waals surface area contributed by atoms with Crippen molar-refractivity contribution in [2.24, 2.45) is 5.73 Å². The molecule has 0 aliphatic carbocycles. The zero-order valence-corrected chi connectivity index (χ0v) is 22.0. The summed E-state index contributed by atoms with van der Waals surface area (Å²) in [7, 11) is -0.854. The summed E-state index contributed by atoms with van der Waals surface area (Å²) >= 11 is 1.21. The van der Waals surface area contributed by atoms with Crippen molar-refractivity contribution in [2.45, 2.75) is 24.8 Å². The van der Waals surface area contributed by atoms with E-state index in [0.717, 1.165) is 10.4 Å².